The average molecular weight is 289 g/mol. The van der Waals surface area contributed by atoms with Gasteiger partial charge in [-0.1, -0.05) is 10.7 Å². The molecule has 0 unspecified atom stereocenters. The van der Waals surface area contributed by atoms with Crippen LogP contribution in [0.5, 0.6) is 0 Å². The van der Waals surface area contributed by atoms with E-state index in [-0.39, 0.29) is 11.7 Å². The molecule has 3 rings (SSSR count). The summed E-state index contributed by atoms with van der Waals surface area (Å²) in [5.41, 5.74) is 1.55. The number of rotatable bonds is 2. The van der Waals surface area contributed by atoms with Crippen molar-refractivity contribution in [1.29, 1.82) is 0 Å². The van der Waals surface area contributed by atoms with E-state index in [1.54, 1.807) is 4.90 Å². The maximum Gasteiger partial charge on any atom is 0.341 e. The molecule has 1 aliphatic rings. The number of hydrogen-bond acceptors (Lipinski definition) is 5. The first-order valence-corrected chi connectivity index (χ1v) is 6.68. The van der Waals surface area contributed by atoms with E-state index >= 15 is 0 Å². The topological polar surface area (TPSA) is 108 Å². The van der Waals surface area contributed by atoms with Gasteiger partial charge in [-0.25, -0.2) is 9.89 Å². The second kappa shape index (κ2) is 5.39. The molecule has 0 radical (unpaired) electrons. The van der Waals surface area contributed by atoms with Crippen molar-refractivity contribution in [2.75, 3.05) is 13.1 Å². The van der Waals surface area contributed by atoms with Crippen molar-refractivity contribution in [1.82, 2.24) is 25.2 Å². The average Bonchev–Trinajstić information content (AvgIpc) is 3.08. The first-order valence-electron chi connectivity index (χ1n) is 6.68. The van der Waals surface area contributed by atoms with Gasteiger partial charge in [0.1, 0.15) is 11.5 Å². The molecule has 1 amide bonds. The Balaban J connectivity index is 1.64. The molecule has 0 spiro atoms. The van der Waals surface area contributed by atoms with Crippen LogP contribution in [0.3, 0.4) is 0 Å². The summed E-state index contributed by atoms with van der Waals surface area (Å²) < 4.78 is 5.02. The van der Waals surface area contributed by atoms with Crippen LogP contribution in [0.1, 0.15) is 34.9 Å². The molecule has 21 heavy (non-hydrogen) atoms. The molecule has 2 aromatic rings. The Morgan fingerprint density at radius 2 is 2.19 bits per heavy atom. The van der Waals surface area contributed by atoms with E-state index in [4.69, 9.17) is 4.52 Å². The summed E-state index contributed by atoms with van der Waals surface area (Å²) >= 11 is 0. The number of H-pyrrole nitrogens is 2. The highest BCUT2D eigenvalue weighted by Gasteiger charge is 2.22. The fourth-order valence-corrected chi connectivity index (χ4v) is 2.33. The van der Waals surface area contributed by atoms with Gasteiger partial charge in [0.15, 0.2) is 0 Å². The third-order valence-electron chi connectivity index (χ3n) is 3.39. The Bertz CT molecular complexity index is 729. The van der Waals surface area contributed by atoms with Crippen molar-refractivity contribution in [3.05, 3.63) is 39.4 Å². The van der Waals surface area contributed by atoms with Crippen LogP contribution in [0, 0.1) is 6.92 Å². The number of amides is 1. The van der Waals surface area contributed by atoms with Gasteiger partial charge in [-0.15, -0.1) is 5.10 Å². The number of aryl methyl sites for hydroxylation is 1. The zero-order chi connectivity index (χ0) is 14.8. The quantitative estimate of drug-likeness (QED) is 0.846. The summed E-state index contributed by atoms with van der Waals surface area (Å²) in [6.07, 6.45) is 3.54. The minimum absolute atomic E-state index is 0.0551. The van der Waals surface area contributed by atoms with Crippen LogP contribution < -0.4 is 5.69 Å². The molecule has 2 aromatic heterocycles. The van der Waals surface area contributed by atoms with Gasteiger partial charge >= 0.3 is 5.69 Å². The van der Waals surface area contributed by atoms with E-state index in [1.165, 1.54) is 5.57 Å². The number of nitrogens with one attached hydrogen (secondary N) is 2. The van der Waals surface area contributed by atoms with E-state index in [2.05, 4.69) is 20.3 Å². The van der Waals surface area contributed by atoms with E-state index in [0.717, 1.165) is 24.3 Å². The second-order valence-electron chi connectivity index (χ2n) is 4.98. The van der Waals surface area contributed by atoms with Crippen molar-refractivity contribution < 1.29 is 9.32 Å². The summed E-state index contributed by atoms with van der Waals surface area (Å²) in [5, 5.41) is 9.78. The van der Waals surface area contributed by atoms with Crippen molar-refractivity contribution in [2.24, 2.45) is 0 Å². The molecule has 8 nitrogen and oxygen atoms in total. The first kappa shape index (κ1) is 13.3. The van der Waals surface area contributed by atoms with Crippen LogP contribution in [0.2, 0.25) is 0 Å². The van der Waals surface area contributed by atoms with E-state index in [1.807, 2.05) is 19.1 Å². The number of carbonyl (C=O) groups is 1. The molecule has 1 fully saturated rings. The van der Waals surface area contributed by atoms with Crippen LogP contribution in [0.4, 0.5) is 0 Å². The normalized spacial score (nSPS) is 15.3. The van der Waals surface area contributed by atoms with Gasteiger partial charge in [-0.2, -0.15) is 0 Å². The minimum Gasteiger partial charge on any atom is -0.361 e. The second-order valence-corrected chi connectivity index (χ2v) is 4.98. The molecule has 0 aliphatic carbocycles. The Morgan fingerprint density at radius 1 is 1.43 bits per heavy atom. The highest BCUT2D eigenvalue weighted by Crippen LogP contribution is 2.20. The first-order chi connectivity index (χ1) is 10.1. The van der Waals surface area contributed by atoms with Crippen LogP contribution in [-0.2, 0) is 0 Å². The molecular formula is C13H15N5O3. The van der Waals surface area contributed by atoms with Crippen molar-refractivity contribution in [3.63, 3.8) is 0 Å². The summed E-state index contributed by atoms with van der Waals surface area (Å²) in [7, 11) is 0. The molecule has 2 N–H and O–H groups in total. The van der Waals surface area contributed by atoms with Crippen LogP contribution in [0.25, 0.3) is 6.08 Å². The third kappa shape index (κ3) is 2.93. The van der Waals surface area contributed by atoms with Crippen LogP contribution in [-0.4, -0.2) is 44.2 Å². The van der Waals surface area contributed by atoms with Gasteiger partial charge < -0.3 is 9.42 Å². The SMILES string of the molecule is Cc1cc(C=C2CCN(C(=O)c3n[nH]c(=O)[nH]3)CC2)no1. The van der Waals surface area contributed by atoms with Gasteiger partial charge in [0.05, 0.1) is 0 Å². The van der Waals surface area contributed by atoms with Crippen molar-refractivity contribution >= 4 is 12.0 Å². The Morgan fingerprint density at radius 3 is 2.76 bits per heavy atom. The Hall–Kier alpha value is -2.64. The van der Waals surface area contributed by atoms with Crippen molar-refractivity contribution in [2.45, 2.75) is 19.8 Å². The van der Waals surface area contributed by atoms with Gasteiger partial charge in [-0.3, -0.25) is 9.78 Å². The summed E-state index contributed by atoms with van der Waals surface area (Å²) in [6, 6.07) is 1.87. The molecular weight excluding hydrogens is 274 g/mol. The number of carbonyl (C=O) groups excluding carboxylic acids is 1. The molecule has 0 saturated carbocycles. The summed E-state index contributed by atoms with van der Waals surface area (Å²) in [5.74, 6) is 0.571. The van der Waals surface area contributed by atoms with Gasteiger partial charge in [-0.05, 0) is 25.8 Å². The molecule has 1 saturated heterocycles. The Kier molecular flexibility index (Phi) is 3.43. The van der Waals surface area contributed by atoms with Gasteiger partial charge in [0.2, 0.25) is 5.82 Å². The fraction of sp³-hybridized carbons (Fsp3) is 0.385. The fourth-order valence-electron chi connectivity index (χ4n) is 2.33. The monoisotopic (exact) mass is 289 g/mol. The van der Waals surface area contributed by atoms with E-state index < -0.39 is 5.69 Å². The summed E-state index contributed by atoms with van der Waals surface area (Å²) in [4.78, 5) is 27.1. The lowest BCUT2D eigenvalue weighted by Crippen LogP contribution is -2.37. The van der Waals surface area contributed by atoms with Crippen molar-refractivity contribution in [3.8, 4) is 0 Å². The predicted octanol–water partition coefficient (Wildman–Crippen LogP) is 0.714. The van der Waals surface area contributed by atoms with Crippen LogP contribution >= 0.6 is 0 Å². The number of likely N-dealkylation sites (tertiary alicyclic amines) is 1. The number of aromatic amines is 2. The molecule has 110 valence electrons. The zero-order valence-electron chi connectivity index (χ0n) is 11.5. The number of nitrogens with zero attached hydrogens (tertiary/aromatic N) is 3. The third-order valence-corrected chi connectivity index (χ3v) is 3.39. The summed E-state index contributed by atoms with van der Waals surface area (Å²) in [6.45, 7) is 3.04. The smallest absolute Gasteiger partial charge is 0.341 e. The molecule has 8 heteroatoms. The maximum absolute atomic E-state index is 12.1. The minimum atomic E-state index is -0.475. The highest BCUT2D eigenvalue weighted by molar-refractivity contribution is 5.90. The maximum atomic E-state index is 12.1. The highest BCUT2D eigenvalue weighted by atomic mass is 16.5. The molecule has 0 bridgehead atoms. The van der Waals surface area contributed by atoms with Gasteiger partial charge in [0.25, 0.3) is 5.91 Å². The molecule has 3 heterocycles. The molecule has 0 aromatic carbocycles. The number of aromatic nitrogens is 4. The molecule has 1 aliphatic heterocycles. The van der Waals surface area contributed by atoms with E-state index in [0.29, 0.717) is 13.1 Å². The zero-order valence-corrected chi connectivity index (χ0v) is 11.5. The number of hydrogen-bond donors (Lipinski definition) is 2. The Labute approximate surface area is 119 Å². The lowest BCUT2D eigenvalue weighted by molar-refractivity contribution is 0.0732. The van der Waals surface area contributed by atoms with Crippen LogP contribution in [0.15, 0.2) is 21.0 Å². The standard InChI is InChI=1S/C13H15N5O3/c1-8-6-10(17-21-8)7-9-2-4-18(5-3-9)12(19)11-14-13(20)16-15-11/h6-7H,2-5H2,1H3,(H2,14,15,16,20). The predicted molar refractivity (Wildman–Crippen MR) is 73.6 cm³/mol. The largest absolute Gasteiger partial charge is 0.361 e. The lowest BCUT2D eigenvalue weighted by Gasteiger charge is -2.27. The van der Waals surface area contributed by atoms with E-state index in [9.17, 15) is 9.59 Å². The van der Waals surface area contributed by atoms with Gasteiger partial charge in [0, 0.05) is 19.2 Å². The molecule has 0 atom stereocenters. The lowest BCUT2D eigenvalue weighted by atomic mass is 10.0. The number of piperidine rings is 1.